The third-order valence-electron chi connectivity index (χ3n) is 5.52. The molecule has 1 unspecified atom stereocenters. The fourth-order valence-corrected chi connectivity index (χ4v) is 3.97. The van der Waals surface area contributed by atoms with Crippen LogP contribution in [0.25, 0.3) is 11.1 Å². The van der Waals surface area contributed by atoms with Crippen molar-refractivity contribution in [3.8, 4) is 16.9 Å². The molecule has 1 fully saturated rings. The van der Waals surface area contributed by atoms with Crippen molar-refractivity contribution in [1.82, 2.24) is 0 Å². The average Bonchev–Trinajstić information content (AvgIpc) is 2.56. The van der Waals surface area contributed by atoms with E-state index in [0.29, 0.717) is 11.6 Å². The second kappa shape index (κ2) is 8.33. The van der Waals surface area contributed by atoms with Gasteiger partial charge in [0.1, 0.15) is 11.6 Å². The van der Waals surface area contributed by atoms with Crippen LogP contribution in [0.15, 0.2) is 42.5 Å². The average molecular weight is 408 g/mol. The molecule has 2 aromatic carbocycles. The molecule has 0 aliphatic carbocycles. The van der Waals surface area contributed by atoms with Crippen LogP contribution in [0.2, 0.25) is 0 Å². The van der Waals surface area contributed by atoms with Crippen LogP contribution >= 0.6 is 0 Å². The maximum atomic E-state index is 13.6. The van der Waals surface area contributed by atoms with Gasteiger partial charge in [-0.3, -0.25) is 0 Å². The lowest BCUT2D eigenvalue weighted by Gasteiger charge is -2.42. The minimum atomic E-state index is -0.317. The van der Waals surface area contributed by atoms with Crippen LogP contribution in [0.1, 0.15) is 31.2 Å². The topological polar surface area (TPSA) is 20.2 Å². The van der Waals surface area contributed by atoms with E-state index in [1.165, 1.54) is 49.6 Å². The van der Waals surface area contributed by atoms with E-state index >= 15 is 0 Å². The summed E-state index contributed by atoms with van der Waals surface area (Å²) in [6.45, 7) is 1.25. The van der Waals surface area contributed by atoms with Crippen LogP contribution in [0, 0.1) is 5.82 Å². The Morgan fingerprint density at radius 2 is 1.84 bits per heavy atom. The van der Waals surface area contributed by atoms with Gasteiger partial charge in [0.25, 0.3) is 0 Å². The van der Waals surface area contributed by atoms with Gasteiger partial charge in [0.15, 0.2) is 0 Å². The second-order valence-electron chi connectivity index (χ2n) is 7.51. The fraction of sp³-hybridized carbons (Fsp3) is 0.429. The zero-order valence-corrected chi connectivity index (χ0v) is 16.6. The van der Waals surface area contributed by atoms with Gasteiger partial charge in [0.05, 0.1) is 26.7 Å². The van der Waals surface area contributed by atoms with Crippen LogP contribution in [-0.2, 0) is 6.42 Å². The van der Waals surface area contributed by atoms with E-state index in [2.05, 4.69) is 20.2 Å². The van der Waals surface area contributed by atoms with Crippen LogP contribution in [0.5, 0.6) is 5.75 Å². The summed E-state index contributed by atoms with van der Waals surface area (Å²) in [5.41, 5.74) is 2.71. The standard InChI is InChI=1S/C21H26FNO.BrH/c1-23(2)14-6-5-8-18(23)12-10-16-7-3-4-9-19(16)20-15-17(22)11-13-21(20)24;/h3-4,7,9,11,13,15,18H,5-6,8,10,12,14H2,1-2H3;1H. The molecular formula is C21H27BrFNO. The van der Waals surface area contributed by atoms with Crippen molar-refractivity contribution in [2.24, 2.45) is 0 Å². The summed E-state index contributed by atoms with van der Waals surface area (Å²) in [7, 11) is 4.66. The Kier molecular flexibility index (Phi) is 6.64. The van der Waals surface area contributed by atoms with Crippen LogP contribution in [-0.4, -0.2) is 36.3 Å². The van der Waals surface area contributed by atoms with Crippen LogP contribution in [0.3, 0.4) is 0 Å². The molecule has 1 atom stereocenters. The van der Waals surface area contributed by atoms with Gasteiger partial charge in [0, 0.05) is 12.0 Å². The molecule has 4 heteroatoms. The lowest BCUT2D eigenvalue weighted by Crippen LogP contribution is -3.00. The van der Waals surface area contributed by atoms with Crippen molar-refractivity contribution in [2.75, 3.05) is 20.6 Å². The first-order valence-corrected chi connectivity index (χ1v) is 8.87. The van der Waals surface area contributed by atoms with E-state index < -0.39 is 0 Å². The Balaban J connectivity index is 0.00000225. The number of halogens is 2. The smallest absolute Gasteiger partial charge is 0.124 e. The van der Waals surface area contributed by atoms with Gasteiger partial charge in [-0.05, 0) is 55.0 Å². The number of piperidine rings is 1. The Morgan fingerprint density at radius 3 is 2.60 bits per heavy atom. The number of likely N-dealkylation sites (tertiary alicyclic amines) is 1. The summed E-state index contributed by atoms with van der Waals surface area (Å²) in [5, 5.41) is 10.1. The molecule has 1 aliphatic rings. The van der Waals surface area contributed by atoms with E-state index in [-0.39, 0.29) is 28.5 Å². The highest BCUT2D eigenvalue weighted by molar-refractivity contribution is 5.73. The zero-order chi connectivity index (χ0) is 17.2. The molecule has 0 bridgehead atoms. The van der Waals surface area contributed by atoms with Crippen molar-refractivity contribution in [3.63, 3.8) is 0 Å². The van der Waals surface area contributed by atoms with Crippen LogP contribution in [0.4, 0.5) is 4.39 Å². The van der Waals surface area contributed by atoms with Crippen LogP contribution < -0.4 is 17.0 Å². The van der Waals surface area contributed by atoms with Gasteiger partial charge in [-0.15, -0.1) is 0 Å². The van der Waals surface area contributed by atoms with Crippen molar-refractivity contribution < 1.29 is 31.0 Å². The predicted octanol–water partition coefficient (Wildman–Crippen LogP) is 1.76. The van der Waals surface area contributed by atoms with Gasteiger partial charge in [-0.25, -0.2) is 4.39 Å². The monoisotopic (exact) mass is 407 g/mol. The maximum absolute atomic E-state index is 13.6. The first-order chi connectivity index (χ1) is 11.5. The lowest BCUT2D eigenvalue weighted by atomic mass is 9.91. The first kappa shape index (κ1) is 19.9. The van der Waals surface area contributed by atoms with Crippen molar-refractivity contribution >= 4 is 0 Å². The third-order valence-corrected chi connectivity index (χ3v) is 5.52. The number of phenolic OH excluding ortho intramolecular Hbond substituents is 1. The Hall–Kier alpha value is -1.39. The van der Waals surface area contributed by atoms with Gasteiger partial charge >= 0.3 is 0 Å². The number of hydrogen-bond acceptors (Lipinski definition) is 1. The highest BCUT2D eigenvalue weighted by Crippen LogP contribution is 2.34. The maximum Gasteiger partial charge on any atom is 0.124 e. The van der Waals surface area contributed by atoms with Gasteiger partial charge in [-0.2, -0.15) is 0 Å². The number of hydrogen-bond donors (Lipinski definition) is 1. The molecule has 0 spiro atoms. The van der Waals surface area contributed by atoms with E-state index in [4.69, 9.17) is 0 Å². The Bertz CT molecular complexity index is 717. The van der Waals surface area contributed by atoms with Crippen molar-refractivity contribution in [1.29, 1.82) is 0 Å². The molecule has 136 valence electrons. The highest BCUT2D eigenvalue weighted by Gasteiger charge is 2.31. The number of phenols is 1. The third kappa shape index (κ3) is 4.62. The van der Waals surface area contributed by atoms with Crippen molar-refractivity contribution in [2.45, 2.75) is 38.1 Å². The van der Waals surface area contributed by atoms with Gasteiger partial charge < -0.3 is 26.6 Å². The fourth-order valence-electron chi connectivity index (χ4n) is 3.97. The van der Waals surface area contributed by atoms with E-state index in [0.717, 1.165) is 22.9 Å². The molecule has 3 rings (SSSR count). The Labute approximate surface area is 160 Å². The molecule has 1 heterocycles. The summed E-state index contributed by atoms with van der Waals surface area (Å²) in [6.07, 6.45) is 5.99. The summed E-state index contributed by atoms with van der Waals surface area (Å²) in [6, 6.07) is 12.9. The normalized spacial score (nSPS) is 19.2. The first-order valence-electron chi connectivity index (χ1n) is 8.87. The SMILES string of the molecule is C[N+]1(C)CCCCC1CCc1ccccc1-c1cc(F)ccc1O.[Br-]. The van der Waals surface area contributed by atoms with E-state index in [1.807, 2.05) is 18.2 Å². The van der Waals surface area contributed by atoms with E-state index in [9.17, 15) is 9.50 Å². The minimum Gasteiger partial charge on any atom is -1.00 e. The molecule has 1 aliphatic heterocycles. The zero-order valence-electron chi connectivity index (χ0n) is 15.0. The lowest BCUT2D eigenvalue weighted by molar-refractivity contribution is -0.920. The largest absolute Gasteiger partial charge is 1.00 e. The van der Waals surface area contributed by atoms with E-state index in [1.54, 1.807) is 0 Å². The molecule has 0 saturated carbocycles. The molecule has 1 N–H and O–H groups in total. The summed E-state index contributed by atoms with van der Waals surface area (Å²) in [4.78, 5) is 0. The number of quaternary nitrogens is 1. The molecule has 1 saturated heterocycles. The molecule has 2 aromatic rings. The molecule has 25 heavy (non-hydrogen) atoms. The molecule has 0 radical (unpaired) electrons. The Morgan fingerprint density at radius 1 is 1.08 bits per heavy atom. The highest BCUT2D eigenvalue weighted by atomic mass is 79.9. The van der Waals surface area contributed by atoms with Gasteiger partial charge in [0.2, 0.25) is 0 Å². The number of aromatic hydroxyl groups is 1. The molecule has 0 aromatic heterocycles. The summed E-state index contributed by atoms with van der Waals surface area (Å²) < 4.78 is 14.7. The number of benzene rings is 2. The second-order valence-corrected chi connectivity index (χ2v) is 7.51. The summed E-state index contributed by atoms with van der Waals surface area (Å²) in [5.74, 6) is -0.180. The van der Waals surface area contributed by atoms with Crippen molar-refractivity contribution in [3.05, 3.63) is 53.8 Å². The number of aryl methyl sites for hydroxylation is 1. The quantitative estimate of drug-likeness (QED) is 0.765. The molecular weight excluding hydrogens is 381 g/mol. The predicted molar refractivity (Wildman–Crippen MR) is 96.4 cm³/mol. The van der Waals surface area contributed by atoms with Gasteiger partial charge in [-0.1, -0.05) is 24.3 Å². The molecule has 0 amide bonds. The summed E-state index contributed by atoms with van der Waals surface area (Å²) >= 11 is 0. The number of nitrogens with zero attached hydrogens (tertiary/aromatic N) is 1. The molecule has 2 nitrogen and oxygen atoms in total. The minimum absolute atomic E-state index is 0. The number of rotatable bonds is 4.